The van der Waals surface area contributed by atoms with Gasteiger partial charge in [-0.15, -0.1) is 22.7 Å². The van der Waals surface area contributed by atoms with E-state index < -0.39 is 11.1 Å². The van der Waals surface area contributed by atoms with Crippen molar-refractivity contribution in [3.8, 4) is 11.1 Å². The van der Waals surface area contributed by atoms with Crippen LogP contribution in [0.2, 0.25) is 0 Å². The van der Waals surface area contributed by atoms with Gasteiger partial charge in [-0.25, -0.2) is 0 Å². The van der Waals surface area contributed by atoms with Crippen molar-refractivity contribution in [2.75, 3.05) is 0 Å². The second-order valence-electron chi connectivity index (χ2n) is 18.0. The molecule has 2 spiro atoms. The van der Waals surface area contributed by atoms with Gasteiger partial charge < -0.3 is 0 Å². The van der Waals surface area contributed by atoms with Crippen molar-refractivity contribution in [2.45, 2.75) is 11.1 Å². The zero-order valence-corrected chi connectivity index (χ0v) is 34.4. The molecule has 0 N–H and O–H groups in total. The van der Waals surface area contributed by atoms with Crippen LogP contribution < -0.4 is 9.13 Å². The second kappa shape index (κ2) is 9.56. The van der Waals surface area contributed by atoms with Gasteiger partial charge in [0.05, 0.1) is 27.3 Å². The molecule has 6 heteroatoms. The molecule has 0 saturated heterocycles. The lowest BCUT2D eigenvalue weighted by Crippen LogP contribution is -2.72. The Morgan fingerprint density at radius 2 is 0.855 bits per heavy atom. The molecule has 0 amide bonds. The molecule has 0 bridgehead atoms. The quantitative estimate of drug-likeness (QED) is 0.107. The Hall–Kier alpha value is -7.38. The van der Waals surface area contributed by atoms with E-state index in [2.05, 4.69) is 188 Å². The van der Waals surface area contributed by atoms with Crippen LogP contribution in [0.4, 0.5) is 0 Å². The summed E-state index contributed by atoms with van der Waals surface area (Å²) in [6.45, 7) is 0. The fourth-order valence-electron chi connectivity index (χ4n) is 13.7. The molecule has 6 aromatic heterocycles. The van der Waals surface area contributed by atoms with Gasteiger partial charge in [-0.3, -0.25) is 0 Å². The maximum atomic E-state index is 2.66. The lowest BCUT2D eigenvalue weighted by Gasteiger charge is -2.43. The predicted molar refractivity (Wildman–Crippen MR) is 253 cm³/mol. The number of hydrogen-bond acceptors (Lipinski definition) is 2. The van der Waals surface area contributed by atoms with Crippen molar-refractivity contribution >= 4 is 118 Å². The topological polar surface area (TPSA) is 16.6 Å². The van der Waals surface area contributed by atoms with E-state index in [1.807, 2.05) is 22.7 Å². The highest BCUT2D eigenvalue weighted by Crippen LogP contribution is 2.65. The van der Waals surface area contributed by atoms with Gasteiger partial charge in [0.25, 0.3) is 11.3 Å². The molecule has 8 heterocycles. The first kappa shape index (κ1) is 30.6. The van der Waals surface area contributed by atoms with Crippen molar-refractivity contribution in [3.63, 3.8) is 0 Å². The lowest BCUT2D eigenvalue weighted by atomic mass is 9.58. The maximum absolute atomic E-state index is 2.66. The lowest BCUT2D eigenvalue weighted by molar-refractivity contribution is -0.944. The van der Waals surface area contributed by atoms with Crippen LogP contribution in [-0.2, 0) is 11.1 Å². The molecule has 2 aliphatic heterocycles. The molecular weight excluding hydrogens is 793 g/mol. The number of nitrogens with zero attached hydrogens (tertiary/aromatic N) is 4. The molecule has 62 heavy (non-hydrogen) atoms. The Morgan fingerprint density at radius 1 is 0.387 bits per heavy atom. The number of aromatic nitrogens is 4. The largest absolute Gasteiger partial charge is 0.308 e. The van der Waals surface area contributed by atoms with Gasteiger partial charge in [0.1, 0.15) is 35.8 Å². The van der Waals surface area contributed by atoms with Crippen molar-refractivity contribution in [2.24, 2.45) is 0 Å². The summed E-state index contributed by atoms with van der Waals surface area (Å²) in [5.74, 6) is 0. The van der Waals surface area contributed by atoms with E-state index in [4.69, 9.17) is 0 Å². The van der Waals surface area contributed by atoms with Crippen LogP contribution >= 0.6 is 22.7 Å². The predicted octanol–water partition coefficient (Wildman–Crippen LogP) is 12.7. The molecule has 0 atom stereocenters. The summed E-state index contributed by atoms with van der Waals surface area (Å²) >= 11 is 3.80. The second-order valence-corrected chi connectivity index (χ2v) is 20.2. The fourth-order valence-corrected chi connectivity index (χ4v) is 15.9. The summed E-state index contributed by atoms with van der Waals surface area (Å²) in [5, 5.41) is 13.3. The Labute approximate surface area is 359 Å². The Balaban J connectivity index is 1.10. The minimum Gasteiger partial charge on any atom is -0.195 e. The number of pyridine rings is 2. The van der Waals surface area contributed by atoms with E-state index in [-0.39, 0.29) is 0 Å². The fraction of sp³-hybridized carbons (Fsp3) is 0.0357. The molecule has 282 valence electrons. The summed E-state index contributed by atoms with van der Waals surface area (Å²) in [6.07, 6.45) is 9.48. The zero-order chi connectivity index (χ0) is 39.5. The third-order valence-electron chi connectivity index (χ3n) is 15.7. The highest BCUT2D eigenvalue weighted by Gasteiger charge is 2.69. The molecule has 0 unspecified atom stereocenters. The van der Waals surface area contributed by atoms with Gasteiger partial charge in [0.15, 0.2) is 0 Å². The number of hydrogen-bond donors (Lipinski definition) is 0. The van der Waals surface area contributed by atoms with E-state index in [9.17, 15) is 0 Å². The number of imidazole rings is 2. The first-order valence-corrected chi connectivity index (χ1v) is 23.1. The average Bonchev–Trinajstić information content (AvgIpc) is 4.19. The van der Waals surface area contributed by atoms with Crippen molar-refractivity contribution < 1.29 is 9.13 Å². The number of thiophene rings is 2. The van der Waals surface area contributed by atoms with E-state index in [0.29, 0.717) is 0 Å². The smallest absolute Gasteiger partial charge is 0.195 e. The molecule has 14 aromatic rings. The van der Waals surface area contributed by atoms with Crippen LogP contribution in [0.5, 0.6) is 0 Å². The minimum absolute atomic E-state index is 0.517. The Kier molecular flexibility index (Phi) is 4.72. The van der Waals surface area contributed by atoms with Crippen LogP contribution in [0.25, 0.3) is 106 Å². The first-order valence-electron chi connectivity index (χ1n) is 21.5. The molecule has 4 nitrogen and oxygen atoms in total. The third-order valence-corrected chi connectivity index (χ3v) is 18.0. The van der Waals surface area contributed by atoms with Crippen LogP contribution in [-0.4, -0.2) is 8.80 Å². The third kappa shape index (κ3) is 2.88. The molecule has 0 radical (unpaired) electrons. The molecule has 18 rings (SSSR count). The van der Waals surface area contributed by atoms with Gasteiger partial charge >= 0.3 is 5.66 Å². The Morgan fingerprint density at radius 3 is 1.37 bits per heavy atom. The van der Waals surface area contributed by atoms with Gasteiger partial charge in [-0.1, -0.05) is 109 Å². The van der Waals surface area contributed by atoms with Crippen molar-refractivity contribution in [3.05, 3.63) is 204 Å². The van der Waals surface area contributed by atoms with E-state index in [1.165, 1.54) is 139 Å². The number of benzene rings is 8. The molecule has 2 aliphatic carbocycles. The molecule has 0 saturated carbocycles. The summed E-state index contributed by atoms with van der Waals surface area (Å²) in [7, 11) is 0. The minimum atomic E-state index is -0.640. The summed E-state index contributed by atoms with van der Waals surface area (Å²) < 4.78 is 15.7. The molecule has 8 aromatic carbocycles. The summed E-state index contributed by atoms with van der Waals surface area (Å²) in [4.78, 5) is 0. The molecule has 4 aliphatic rings. The molecular formula is C56H28N4S2+2. The highest BCUT2D eigenvalue weighted by atomic mass is 32.1. The first-order chi connectivity index (χ1) is 30.7. The zero-order valence-electron chi connectivity index (χ0n) is 32.8. The SMILES string of the molecule is c1ccc2c(c1)-c1ccccc1C21c2ccc3c4cc5c(cc4n4cc[n+]6c4c3c2C62c3c1ccc1c4cc6c(cc4n4cc[n+]2c4c31)sc1ccccc16)sc1ccccc15. The van der Waals surface area contributed by atoms with Gasteiger partial charge in [0, 0.05) is 74.0 Å². The van der Waals surface area contributed by atoms with Crippen LogP contribution in [0.1, 0.15) is 33.4 Å². The summed E-state index contributed by atoms with van der Waals surface area (Å²) in [5.41, 5.74) is 14.9. The van der Waals surface area contributed by atoms with Gasteiger partial charge in [-0.2, -0.15) is 17.9 Å². The maximum Gasteiger partial charge on any atom is 0.308 e. The van der Waals surface area contributed by atoms with Crippen LogP contribution in [0.3, 0.4) is 0 Å². The van der Waals surface area contributed by atoms with E-state index >= 15 is 0 Å². The standard InChI is InChI=1S/C56H28N4S2/c1-5-13-39-29(9-1)30-10-2-6-14-40(30)55(39)41-19-17-33-35-25-37-31-11-3-7-15-45(31)61-47(37)27-43(35)57-21-23-59-53(57)49(33)51(41)56(59)52-42(55)20-18-34-36-26-38-32-12-4-8-16-46(32)62-48(38)28-44(36)58-22-24-60(56)54(58)50(34)52/h1-28H/q+2. The Bertz CT molecular complexity index is 4300. The normalized spacial score (nSPS) is 15.7. The summed E-state index contributed by atoms with van der Waals surface area (Å²) in [6, 6.07) is 56.3. The van der Waals surface area contributed by atoms with Gasteiger partial charge in [0.2, 0.25) is 0 Å². The van der Waals surface area contributed by atoms with Crippen molar-refractivity contribution in [1.82, 2.24) is 8.80 Å². The average molecular weight is 821 g/mol. The number of rotatable bonds is 0. The van der Waals surface area contributed by atoms with E-state index in [1.54, 1.807) is 0 Å². The van der Waals surface area contributed by atoms with Crippen molar-refractivity contribution in [1.29, 1.82) is 0 Å². The van der Waals surface area contributed by atoms with E-state index in [0.717, 1.165) is 0 Å². The van der Waals surface area contributed by atoms with Crippen LogP contribution in [0.15, 0.2) is 170 Å². The highest BCUT2D eigenvalue weighted by molar-refractivity contribution is 7.26. The number of fused-ring (bicyclic) bond motifs is 19. The van der Waals surface area contributed by atoms with Gasteiger partial charge in [-0.05, 0) is 57.6 Å². The molecule has 0 fully saturated rings. The van der Waals surface area contributed by atoms with Crippen LogP contribution in [0, 0.1) is 0 Å². The monoisotopic (exact) mass is 820 g/mol.